The van der Waals surface area contributed by atoms with Crippen LogP contribution in [0, 0.1) is 11.7 Å². The van der Waals surface area contributed by atoms with Crippen LogP contribution in [0.15, 0.2) is 42.5 Å². The summed E-state index contributed by atoms with van der Waals surface area (Å²) in [4.78, 5) is 0. The first-order chi connectivity index (χ1) is 11.7. The number of hydrogen-bond donors (Lipinski definition) is 1. The minimum atomic E-state index is -0.199. The van der Waals surface area contributed by atoms with E-state index in [1.807, 2.05) is 18.2 Å². The zero-order valence-electron chi connectivity index (χ0n) is 14.2. The van der Waals surface area contributed by atoms with Crippen LogP contribution in [0.3, 0.4) is 0 Å². The summed E-state index contributed by atoms with van der Waals surface area (Å²) in [6.07, 6.45) is 2.22. The monoisotopic (exact) mass is 329 g/mol. The summed E-state index contributed by atoms with van der Waals surface area (Å²) in [5.74, 6) is 2.01. The first-order valence-electron chi connectivity index (χ1n) is 8.41. The third-order valence-electron chi connectivity index (χ3n) is 4.85. The molecule has 2 aromatic rings. The van der Waals surface area contributed by atoms with Crippen LogP contribution in [0.2, 0.25) is 0 Å². The lowest BCUT2D eigenvalue weighted by molar-refractivity contribution is 0.337. The van der Waals surface area contributed by atoms with Crippen LogP contribution in [-0.2, 0) is 0 Å². The van der Waals surface area contributed by atoms with E-state index < -0.39 is 0 Å². The van der Waals surface area contributed by atoms with Crippen molar-refractivity contribution in [3.05, 3.63) is 59.4 Å². The summed E-state index contributed by atoms with van der Waals surface area (Å²) < 4.78 is 24.2. The van der Waals surface area contributed by atoms with E-state index in [0.717, 1.165) is 43.0 Å². The van der Waals surface area contributed by atoms with Gasteiger partial charge in [0.2, 0.25) is 0 Å². The lowest BCUT2D eigenvalue weighted by Crippen LogP contribution is -2.31. The number of halogens is 1. The Balaban J connectivity index is 2.01. The van der Waals surface area contributed by atoms with Gasteiger partial charge in [-0.05, 0) is 67.2 Å². The molecule has 0 saturated carbocycles. The summed E-state index contributed by atoms with van der Waals surface area (Å²) in [6.45, 7) is 2.05. The summed E-state index contributed by atoms with van der Waals surface area (Å²) >= 11 is 0. The predicted molar refractivity (Wildman–Crippen MR) is 93.4 cm³/mol. The average Bonchev–Trinajstić information content (AvgIpc) is 2.64. The molecule has 3 nitrogen and oxygen atoms in total. The largest absolute Gasteiger partial charge is 0.493 e. The van der Waals surface area contributed by atoms with E-state index in [1.165, 1.54) is 5.56 Å². The molecule has 1 heterocycles. The van der Waals surface area contributed by atoms with Crippen LogP contribution in [0.1, 0.15) is 29.9 Å². The van der Waals surface area contributed by atoms with Crippen LogP contribution >= 0.6 is 0 Å². The van der Waals surface area contributed by atoms with Gasteiger partial charge in [-0.3, -0.25) is 0 Å². The van der Waals surface area contributed by atoms with E-state index >= 15 is 0 Å². The zero-order valence-corrected chi connectivity index (χ0v) is 14.2. The fourth-order valence-electron chi connectivity index (χ4n) is 3.63. The first kappa shape index (κ1) is 16.8. The molecule has 1 aliphatic rings. The van der Waals surface area contributed by atoms with Crippen LogP contribution in [0.4, 0.5) is 4.39 Å². The highest BCUT2D eigenvalue weighted by molar-refractivity contribution is 5.46. The number of nitrogens with one attached hydrogen (secondary N) is 1. The molecule has 1 N–H and O–H groups in total. The summed E-state index contributed by atoms with van der Waals surface area (Å²) in [5, 5.41) is 3.42. The molecule has 0 aliphatic carbocycles. The lowest BCUT2D eigenvalue weighted by Gasteiger charge is -2.32. The third-order valence-corrected chi connectivity index (χ3v) is 4.85. The van der Waals surface area contributed by atoms with Gasteiger partial charge in [-0.15, -0.1) is 0 Å². The van der Waals surface area contributed by atoms with Gasteiger partial charge in [0.25, 0.3) is 0 Å². The summed E-state index contributed by atoms with van der Waals surface area (Å²) in [7, 11) is 3.29. The van der Waals surface area contributed by atoms with Gasteiger partial charge >= 0.3 is 0 Å². The number of methoxy groups -OCH3 is 2. The van der Waals surface area contributed by atoms with Gasteiger partial charge in [-0.25, -0.2) is 4.39 Å². The van der Waals surface area contributed by atoms with Crippen LogP contribution in [0.25, 0.3) is 0 Å². The van der Waals surface area contributed by atoms with Crippen molar-refractivity contribution in [2.45, 2.75) is 18.8 Å². The fourth-order valence-corrected chi connectivity index (χ4v) is 3.63. The van der Waals surface area contributed by atoms with E-state index in [0.29, 0.717) is 5.92 Å². The van der Waals surface area contributed by atoms with E-state index in [1.54, 1.807) is 26.4 Å². The zero-order chi connectivity index (χ0) is 16.9. The Kier molecular flexibility index (Phi) is 5.36. The second kappa shape index (κ2) is 7.67. The van der Waals surface area contributed by atoms with Gasteiger partial charge in [0.05, 0.1) is 14.2 Å². The highest BCUT2D eigenvalue weighted by Crippen LogP contribution is 2.40. The van der Waals surface area contributed by atoms with E-state index in [2.05, 4.69) is 17.4 Å². The Bertz CT molecular complexity index is 666. The predicted octanol–water partition coefficient (Wildman–Crippen LogP) is 3.97. The SMILES string of the molecule is COc1ccc([C@H](c2ccc(F)cc2)C2CCNCC2)cc1OC. The average molecular weight is 329 g/mol. The molecule has 2 aromatic carbocycles. The van der Waals surface area contributed by atoms with Crippen molar-refractivity contribution in [1.29, 1.82) is 0 Å². The first-order valence-corrected chi connectivity index (χ1v) is 8.41. The molecule has 1 atom stereocenters. The molecule has 3 rings (SSSR count). The van der Waals surface area contributed by atoms with Crippen LogP contribution in [0.5, 0.6) is 11.5 Å². The highest BCUT2D eigenvalue weighted by Gasteiger charge is 2.27. The lowest BCUT2D eigenvalue weighted by atomic mass is 9.76. The van der Waals surface area contributed by atoms with E-state index in [-0.39, 0.29) is 11.7 Å². The molecule has 0 unspecified atom stereocenters. The Morgan fingerprint density at radius 3 is 2.17 bits per heavy atom. The quantitative estimate of drug-likeness (QED) is 0.900. The fraction of sp³-hybridized carbons (Fsp3) is 0.400. The number of hydrogen-bond acceptors (Lipinski definition) is 3. The molecule has 0 amide bonds. The minimum absolute atomic E-state index is 0.199. The number of rotatable bonds is 5. The summed E-state index contributed by atoms with van der Waals surface area (Å²) in [5.41, 5.74) is 2.33. The van der Waals surface area contributed by atoms with Gasteiger partial charge in [0.15, 0.2) is 11.5 Å². The van der Waals surface area contributed by atoms with Gasteiger partial charge in [-0.1, -0.05) is 18.2 Å². The van der Waals surface area contributed by atoms with Gasteiger partial charge in [0, 0.05) is 5.92 Å². The molecule has 0 aromatic heterocycles. The van der Waals surface area contributed by atoms with Crippen molar-refractivity contribution in [3.63, 3.8) is 0 Å². The Morgan fingerprint density at radius 2 is 1.54 bits per heavy atom. The summed E-state index contributed by atoms with van der Waals surface area (Å²) in [6, 6.07) is 13.0. The standard InChI is InChI=1S/C20H24FNO2/c1-23-18-8-5-16(13-19(18)24-2)20(15-9-11-22-12-10-15)14-3-6-17(21)7-4-14/h3-8,13,15,20,22H,9-12H2,1-2H3/t20-/m1/s1. The Morgan fingerprint density at radius 1 is 0.917 bits per heavy atom. The molecule has 24 heavy (non-hydrogen) atoms. The highest BCUT2D eigenvalue weighted by atomic mass is 19.1. The molecular weight excluding hydrogens is 305 g/mol. The van der Waals surface area contributed by atoms with Gasteiger partial charge in [-0.2, -0.15) is 0 Å². The Labute approximate surface area is 142 Å². The van der Waals surface area contributed by atoms with Crippen molar-refractivity contribution in [1.82, 2.24) is 5.32 Å². The number of piperidine rings is 1. The van der Waals surface area contributed by atoms with Crippen molar-refractivity contribution in [3.8, 4) is 11.5 Å². The van der Waals surface area contributed by atoms with E-state index in [9.17, 15) is 4.39 Å². The van der Waals surface area contributed by atoms with Crippen LogP contribution < -0.4 is 14.8 Å². The van der Waals surface area contributed by atoms with Crippen molar-refractivity contribution in [2.75, 3.05) is 27.3 Å². The molecule has 1 saturated heterocycles. The second-order valence-corrected chi connectivity index (χ2v) is 6.23. The van der Waals surface area contributed by atoms with Crippen molar-refractivity contribution in [2.24, 2.45) is 5.92 Å². The molecule has 0 bridgehead atoms. The number of ether oxygens (including phenoxy) is 2. The van der Waals surface area contributed by atoms with Gasteiger partial charge in [0.1, 0.15) is 5.82 Å². The molecule has 4 heteroatoms. The molecule has 128 valence electrons. The molecule has 1 aliphatic heterocycles. The Hall–Kier alpha value is -2.07. The maximum Gasteiger partial charge on any atom is 0.161 e. The van der Waals surface area contributed by atoms with Crippen molar-refractivity contribution < 1.29 is 13.9 Å². The molecule has 0 radical (unpaired) electrons. The van der Waals surface area contributed by atoms with Crippen molar-refractivity contribution >= 4 is 0 Å². The van der Waals surface area contributed by atoms with Gasteiger partial charge < -0.3 is 14.8 Å². The molecule has 0 spiro atoms. The normalized spacial score (nSPS) is 16.6. The van der Waals surface area contributed by atoms with E-state index in [4.69, 9.17) is 9.47 Å². The maximum atomic E-state index is 13.4. The van der Waals surface area contributed by atoms with Crippen LogP contribution in [-0.4, -0.2) is 27.3 Å². The smallest absolute Gasteiger partial charge is 0.161 e. The molecular formula is C20H24FNO2. The second-order valence-electron chi connectivity index (χ2n) is 6.23. The minimum Gasteiger partial charge on any atom is -0.493 e. The number of benzene rings is 2. The third kappa shape index (κ3) is 3.54. The topological polar surface area (TPSA) is 30.5 Å². The maximum absolute atomic E-state index is 13.4. The molecule has 1 fully saturated rings.